The molecule has 1 aromatic heterocycles. The largest absolute Gasteiger partial charge is 0.492 e. The maximum absolute atomic E-state index is 13.1. The maximum atomic E-state index is 13.1. The molecule has 0 atom stereocenters. The van der Waals surface area contributed by atoms with Gasteiger partial charge in [-0.25, -0.2) is 4.39 Å². The van der Waals surface area contributed by atoms with Crippen LogP contribution in [0.15, 0.2) is 22.7 Å². The van der Waals surface area contributed by atoms with E-state index in [1.165, 1.54) is 23.5 Å². The summed E-state index contributed by atoms with van der Waals surface area (Å²) in [6.45, 7) is 0.743. The molecular weight excluding hydrogens is 377 g/mol. The van der Waals surface area contributed by atoms with Crippen LogP contribution < -0.4 is 15.2 Å². The molecule has 0 aliphatic rings. The number of ether oxygens (including phenoxy) is 2. The van der Waals surface area contributed by atoms with Crippen molar-refractivity contribution in [3.8, 4) is 10.9 Å². The van der Waals surface area contributed by atoms with E-state index in [1.807, 2.05) is 0 Å². The van der Waals surface area contributed by atoms with Gasteiger partial charge in [-0.3, -0.25) is 4.79 Å². The molecule has 0 spiro atoms. The molecule has 2 aromatic rings. The number of rotatable bonds is 8. The molecule has 0 aliphatic carbocycles. The Labute approximate surface area is 138 Å². The van der Waals surface area contributed by atoms with Gasteiger partial charge in [-0.05, 0) is 28.1 Å². The number of nitrogens with zero attached hydrogens (tertiary/aromatic N) is 2. The zero-order chi connectivity index (χ0) is 15.9. The van der Waals surface area contributed by atoms with Crippen LogP contribution in [0.25, 0.3) is 0 Å². The van der Waals surface area contributed by atoms with Crippen LogP contribution in [0.1, 0.15) is 11.4 Å². The molecule has 118 valence electrons. The third-order valence-electron chi connectivity index (χ3n) is 2.44. The molecule has 2 rings (SSSR count). The number of hydrogen-bond acceptors (Lipinski definition) is 6. The van der Waals surface area contributed by atoms with Crippen molar-refractivity contribution in [2.45, 2.75) is 12.8 Å². The lowest BCUT2D eigenvalue weighted by Crippen LogP contribution is -2.13. The lowest BCUT2D eigenvalue weighted by Gasteiger charge is -2.08. The first-order chi connectivity index (χ1) is 10.5. The summed E-state index contributed by atoms with van der Waals surface area (Å²) in [5, 5.41) is 8.47. The summed E-state index contributed by atoms with van der Waals surface area (Å²) in [5.74, 6) is -0.373. The minimum atomic E-state index is -0.461. The smallest absolute Gasteiger partial charge is 0.294 e. The number of hydrogen-bond donors (Lipinski definition) is 1. The van der Waals surface area contributed by atoms with Gasteiger partial charge in [-0.2, -0.15) is 0 Å². The first kappa shape index (κ1) is 16.6. The van der Waals surface area contributed by atoms with Gasteiger partial charge >= 0.3 is 0 Å². The van der Waals surface area contributed by atoms with E-state index < -0.39 is 5.91 Å². The molecule has 22 heavy (non-hydrogen) atoms. The Bertz CT molecular complexity index is 653. The third-order valence-corrected chi connectivity index (χ3v) is 3.93. The van der Waals surface area contributed by atoms with E-state index in [-0.39, 0.29) is 12.2 Å². The minimum absolute atomic E-state index is 0.0533. The molecule has 0 aliphatic heterocycles. The zero-order valence-electron chi connectivity index (χ0n) is 11.4. The molecule has 0 radical (unpaired) electrons. The number of primary amides is 1. The second-order valence-electron chi connectivity index (χ2n) is 4.23. The predicted octanol–water partition coefficient (Wildman–Crippen LogP) is 2.32. The second-order valence-corrected chi connectivity index (χ2v) is 6.11. The lowest BCUT2D eigenvalue weighted by molar-refractivity contribution is -0.117. The van der Waals surface area contributed by atoms with Crippen LogP contribution in [0.2, 0.25) is 0 Å². The van der Waals surface area contributed by atoms with Crippen LogP contribution in [0.4, 0.5) is 4.39 Å². The van der Waals surface area contributed by atoms with Crippen LogP contribution in [0, 0.1) is 5.82 Å². The first-order valence-corrected chi connectivity index (χ1v) is 7.97. The van der Waals surface area contributed by atoms with Crippen molar-refractivity contribution in [1.82, 2.24) is 10.2 Å². The summed E-state index contributed by atoms with van der Waals surface area (Å²) in [4.78, 5) is 10.7. The van der Waals surface area contributed by atoms with Crippen molar-refractivity contribution in [2.75, 3.05) is 13.2 Å². The molecule has 0 bridgehead atoms. The fourth-order valence-electron chi connectivity index (χ4n) is 1.51. The molecule has 0 saturated heterocycles. The molecular formula is C13H13BrFN3O3S. The number of benzene rings is 1. The summed E-state index contributed by atoms with van der Waals surface area (Å²) < 4.78 is 24.6. The van der Waals surface area contributed by atoms with Gasteiger partial charge in [0.05, 0.1) is 24.1 Å². The van der Waals surface area contributed by atoms with Crippen LogP contribution in [-0.2, 0) is 11.2 Å². The number of amides is 1. The Morgan fingerprint density at radius 3 is 2.86 bits per heavy atom. The monoisotopic (exact) mass is 389 g/mol. The molecule has 1 amide bonds. The van der Waals surface area contributed by atoms with Crippen LogP contribution >= 0.6 is 27.3 Å². The van der Waals surface area contributed by atoms with Gasteiger partial charge in [0, 0.05) is 12.5 Å². The maximum Gasteiger partial charge on any atom is 0.294 e. The van der Waals surface area contributed by atoms with Gasteiger partial charge in [0.25, 0.3) is 5.19 Å². The van der Waals surface area contributed by atoms with Crippen molar-refractivity contribution in [3.05, 3.63) is 33.5 Å². The fourth-order valence-corrected chi connectivity index (χ4v) is 2.59. The molecule has 0 unspecified atom stereocenters. The summed E-state index contributed by atoms with van der Waals surface area (Å²) in [7, 11) is 0. The van der Waals surface area contributed by atoms with E-state index in [0.29, 0.717) is 40.1 Å². The van der Waals surface area contributed by atoms with E-state index in [2.05, 4.69) is 26.1 Å². The van der Waals surface area contributed by atoms with Crippen molar-refractivity contribution in [1.29, 1.82) is 0 Å². The topological polar surface area (TPSA) is 87.3 Å². The Hall–Kier alpha value is -1.74. The van der Waals surface area contributed by atoms with Crippen LogP contribution in [-0.4, -0.2) is 29.3 Å². The van der Waals surface area contributed by atoms with Crippen LogP contribution in [0.5, 0.6) is 10.9 Å². The summed E-state index contributed by atoms with van der Waals surface area (Å²) in [5.41, 5.74) is 5.06. The second kappa shape index (κ2) is 8.04. The highest BCUT2D eigenvalue weighted by Crippen LogP contribution is 2.25. The van der Waals surface area contributed by atoms with Crippen LogP contribution in [0.3, 0.4) is 0 Å². The highest BCUT2D eigenvalue weighted by Gasteiger charge is 2.08. The normalized spacial score (nSPS) is 10.5. The van der Waals surface area contributed by atoms with Gasteiger partial charge in [0.15, 0.2) is 0 Å². The predicted molar refractivity (Wildman–Crippen MR) is 82.5 cm³/mol. The van der Waals surface area contributed by atoms with E-state index in [0.717, 1.165) is 0 Å². The lowest BCUT2D eigenvalue weighted by atomic mass is 10.3. The molecule has 1 aromatic carbocycles. The van der Waals surface area contributed by atoms with E-state index >= 15 is 0 Å². The van der Waals surface area contributed by atoms with Gasteiger partial charge in [-0.1, -0.05) is 11.3 Å². The summed E-state index contributed by atoms with van der Waals surface area (Å²) in [6.07, 6.45) is 0.644. The van der Waals surface area contributed by atoms with E-state index in [1.54, 1.807) is 6.07 Å². The number of halogens is 2. The van der Waals surface area contributed by atoms with Gasteiger partial charge < -0.3 is 15.2 Å². The quantitative estimate of drug-likeness (QED) is 0.699. The van der Waals surface area contributed by atoms with Gasteiger partial charge in [0.1, 0.15) is 16.6 Å². The number of carbonyl (C=O) groups is 1. The highest BCUT2D eigenvalue weighted by atomic mass is 79.9. The number of aromatic nitrogens is 2. The molecule has 6 nitrogen and oxygen atoms in total. The molecule has 1 heterocycles. The zero-order valence-corrected chi connectivity index (χ0v) is 13.8. The Morgan fingerprint density at radius 2 is 2.09 bits per heavy atom. The molecule has 0 fully saturated rings. The number of carbonyl (C=O) groups excluding carboxylic acids is 1. The van der Waals surface area contributed by atoms with E-state index in [9.17, 15) is 9.18 Å². The van der Waals surface area contributed by atoms with Gasteiger partial charge in [0.2, 0.25) is 5.91 Å². The molecule has 9 heteroatoms. The average Bonchev–Trinajstić information content (AvgIpc) is 2.89. The third kappa shape index (κ3) is 5.23. The van der Waals surface area contributed by atoms with Crippen molar-refractivity contribution in [3.63, 3.8) is 0 Å². The summed E-state index contributed by atoms with van der Waals surface area (Å²) in [6, 6.07) is 4.24. The number of nitrogens with two attached hydrogens (primary N) is 1. The van der Waals surface area contributed by atoms with Crippen molar-refractivity contribution >= 4 is 33.2 Å². The Kier molecular flexibility index (Phi) is 6.08. The fraction of sp³-hybridized carbons (Fsp3) is 0.308. The molecule has 0 saturated carbocycles. The van der Waals surface area contributed by atoms with E-state index in [4.69, 9.17) is 15.2 Å². The Morgan fingerprint density at radius 1 is 1.32 bits per heavy atom. The average molecular weight is 390 g/mol. The SMILES string of the molecule is NC(=O)Cc1nnc(OCCCOc2cc(F)ccc2Br)s1. The molecule has 2 N–H and O–H groups in total. The van der Waals surface area contributed by atoms with Crippen molar-refractivity contribution < 1.29 is 18.7 Å². The van der Waals surface area contributed by atoms with Crippen molar-refractivity contribution in [2.24, 2.45) is 5.73 Å². The minimum Gasteiger partial charge on any atom is -0.492 e. The highest BCUT2D eigenvalue weighted by molar-refractivity contribution is 9.10. The Balaban J connectivity index is 1.70. The first-order valence-electron chi connectivity index (χ1n) is 6.36. The standard InChI is InChI=1S/C13H13BrFN3O3S/c14-9-3-2-8(15)6-10(9)20-4-1-5-21-13-18-17-12(22-13)7-11(16)19/h2-3,6H,1,4-5,7H2,(H2,16,19). The summed E-state index contributed by atoms with van der Waals surface area (Å²) >= 11 is 4.46. The van der Waals surface area contributed by atoms with Gasteiger partial charge in [-0.15, -0.1) is 10.2 Å².